The van der Waals surface area contributed by atoms with Crippen LogP contribution in [0, 0.1) is 0 Å². The van der Waals surface area contributed by atoms with Gasteiger partial charge in [0.2, 0.25) is 5.95 Å². The second-order valence-electron chi connectivity index (χ2n) is 5.27. The minimum Gasteiger partial charge on any atom is -0.495 e. The standard InChI is InChI=1S/C16H17ClN4O2/c1-23-14-5-4-12(8-13(14)17)20-16-18-9-11(10-19-16)15(22)21-6-2-3-7-21/h4-5,8-10H,2-3,6-7H2,1H3,(H,18,19,20). The highest BCUT2D eigenvalue weighted by Gasteiger charge is 2.19. The van der Waals surface area contributed by atoms with Crippen LogP contribution < -0.4 is 10.1 Å². The number of anilines is 2. The number of rotatable bonds is 4. The number of ether oxygens (including phenoxy) is 1. The molecular formula is C16H17ClN4O2. The van der Waals surface area contributed by atoms with Crippen molar-refractivity contribution in [1.29, 1.82) is 0 Å². The van der Waals surface area contributed by atoms with Crippen LogP contribution >= 0.6 is 11.6 Å². The minimum absolute atomic E-state index is 0.0125. The van der Waals surface area contributed by atoms with E-state index in [-0.39, 0.29) is 5.91 Å². The Morgan fingerprint density at radius 3 is 2.57 bits per heavy atom. The quantitative estimate of drug-likeness (QED) is 0.931. The van der Waals surface area contributed by atoms with Crippen molar-refractivity contribution in [1.82, 2.24) is 14.9 Å². The second-order valence-corrected chi connectivity index (χ2v) is 5.68. The first-order chi connectivity index (χ1) is 11.2. The normalized spacial score (nSPS) is 13.9. The smallest absolute Gasteiger partial charge is 0.256 e. The Balaban J connectivity index is 1.69. The molecule has 23 heavy (non-hydrogen) atoms. The van der Waals surface area contributed by atoms with Crippen molar-refractivity contribution >= 4 is 29.1 Å². The highest BCUT2D eigenvalue weighted by molar-refractivity contribution is 6.32. The Kier molecular flexibility index (Phi) is 4.62. The maximum atomic E-state index is 12.2. The van der Waals surface area contributed by atoms with E-state index in [4.69, 9.17) is 16.3 Å². The van der Waals surface area contributed by atoms with Crippen LogP contribution in [0.5, 0.6) is 5.75 Å². The summed E-state index contributed by atoms with van der Waals surface area (Å²) >= 11 is 6.08. The van der Waals surface area contributed by atoms with Crippen LogP contribution in [-0.4, -0.2) is 41.0 Å². The highest BCUT2D eigenvalue weighted by Crippen LogP contribution is 2.28. The third-order valence-corrected chi connectivity index (χ3v) is 4.00. The Bertz CT molecular complexity index is 700. The number of amides is 1. The van der Waals surface area contributed by atoms with E-state index in [1.54, 1.807) is 31.6 Å². The number of nitrogens with zero attached hydrogens (tertiary/aromatic N) is 3. The van der Waals surface area contributed by atoms with E-state index >= 15 is 0 Å². The molecule has 0 spiro atoms. The number of nitrogens with one attached hydrogen (secondary N) is 1. The van der Waals surface area contributed by atoms with Crippen LogP contribution in [-0.2, 0) is 0 Å². The predicted octanol–water partition coefficient (Wildman–Crippen LogP) is 3.12. The number of aromatic nitrogens is 2. The molecule has 1 fully saturated rings. The molecule has 3 rings (SSSR count). The van der Waals surface area contributed by atoms with Crippen LogP contribution in [0.3, 0.4) is 0 Å². The molecular weight excluding hydrogens is 316 g/mol. The zero-order valence-corrected chi connectivity index (χ0v) is 13.5. The Labute approximate surface area is 139 Å². The van der Waals surface area contributed by atoms with Crippen LogP contribution in [0.15, 0.2) is 30.6 Å². The SMILES string of the molecule is COc1ccc(Nc2ncc(C(=O)N3CCCC3)cn2)cc1Cl. The number of hydrogen-bond donors (Lipinski definition) is 1. The summed E-state index contributed by atoms with van der Waals surface area (Å²) in [6.07, 6.45) is 5.21. The first-order valence-electron chi connectivity index (χ1n) is 7.39. The highest BCUT2D eigenvalue weighted by atomic mass is 35.5. The van der Waals surface area contributed by atoms with E-state index in [9.17, 15) is 4.79 Å². The fourth-order valence-corrected chi connectivity index (χ4v) is 2.74. The molecule has 2 heterocycles. The van der Waals surface area contributed by atoms with E-state index in [1.807, 2.05) is 11.0 Å². The Hall–Kier alpha value is -2.34. The van der Waals surface area contributed by atoms with Gasteiger partial charge in [-0.25, -0.2) is 9.97 Å². The first-order valence-corrected chi connectivity index (χ1v) is 7.77. The minimum atomic E-state index is -0.0125. The number of likely N-dealkylation sites (tertiary alicyclic amines) is 1. The molecule has 1 aromatic carbocycles. The van der Waals surface area contributed by atoms with Gasteiger partial charge in [-0.2, -0.15) is 0 Å². The predicted molar refractivity (Wildman–Crippen MR) is 88.5 cm³/mol. The zero-order valence-electron chi connectivity index (χ0n) is 12.8. The molecule has 1 amide bonds. The summed E-state index contributed by atoms with van der Waals surface area (Å²) < 4.78 is 5.11. The number of methoxy groups -OCH3 is 1. The molecule has 0 aliphatic carbocycles. The van der Waals surface area contributed by atoms with Gasteiger partial charge >= 0.3 is 0 Å². The van der Waals surface area contributed by atoms with E-state index in [0.29, 0.717) is 22.3 Å². The number of carbonyl (C=O) groups excluding carboxylic acids is 1. The topological polar surface area (TPSA) is 67.3 Å². The van der Waals surface area contributed by atoms with Gasteiger partial charge in [0.1, 0.15) is 5.75 Å². The zero-order chi connectivity index (χ0) is 16.2. The molecule has 0 bridgehead atoms. The van der Waals surface area contributed by atoms with Gasteiger partial charge in [-0.05, 0) is 31.0 Å². The molecule has 1 saturated heterocycles. The monoisotopic (exact) mass is 332 g/mol. The fraction of sp³-hybridized carbons (Fsp3) is 0.312. The summed E-state index contributed by atoms with van der Waals surface area (Å²) in [5.74, 6) is 0.996. The van der Waals surface area contributed by atoms with E-state index in [0.717, 1.165) is 31.6 Å². The average Bonchev–Trinajstić information content (AvgIpc) is 3.09. The summed E-state index contributed by atoms with van der Waals surface area (Å²) in [6.45, 7) is 1.62. The molecule has 0 saturated carbocycles. The molecule has 2 aromatic rings. The van der Waals surface area contributed by atoms with Gasteiger partial charge in [0.25, 0.3) is 5.91 Å². The molecule has 1 N–H and O–H groups in total. The third-order valence-electron chi connectivity index (χ3n) is 3.70. The Morgan fingerprint density at radius 2 is 1.96 bits per heavy atom. The van der Waals surface area contributed by atoms with Crippen molar-refractivity contribution in [3.63, 3.8) is 0 Å². The Morgan fingerprint density at radius 1 is 1.26 bits per heavy atom. The molecule has 0 unspecified atom stereocenters. The van der Waals surface area contributed by atoms with Crippen molar-refractivity contribution in [2.24, 2.45) is 0 Å². The molecule has 1 aliphatic rings. The lowest BCUT2D eigenvalue weighted by molar-refractivity contribution is 0.0792. The molecule has 0 atom stereocenters. The number of benzene rings is 1. The summed E-state index contributed by atoms with van der Waals surface area (Å²) in [4.78, 5) is 22.4. The van der Waals surface area contributed by atoms with Gasteiger partial charge in [-0.1, -0.05) is 11.6 Å². The van der Waals surface area contributed by atoms with Crippen LogP contribution in [0.25, 0.3) is 0 Å². The van der Waals surface area contributed by atoms with Gasteiger partial charge < -0.3 is 15.0 Å². The molecule has 7 heteroatoms. The lowest BCUT2D eigenvalue weighted by Crippen LogP contribution is -2.27. The summed E-state index contributed by atoms with van der Waals surface area (Å²) in [5.41, 5.74) is 1.25. The molecule has 0 radical (unpaired) electrons. The summed E-state index contributed by atoms with van der Waals surface area (Å²) in [7, 11) is 1.56. The van der Waals surface area contributed by atoms with Crippen LogP contribution in [0.1, 0.15) is 23.2 Å². The molecule has 120 valence electrons. The fourth-order valence-electron chi connectivity index (χ4n) is 2.48. The average molecular weight is 333 g/mol. The van der Waals surface area contributed by atoms with Crippen molar-refractivity contribution in [3.8, 4) is 5.75 Å². The van der Waals surface area contributed by atoms with Gasteiger partial charge in [0.05, 0.1) is 17.7 Å². The summed E-state index contributed by atoms with van der Waals surface area (Å²) in [6, 6.07) is 5.31. The van der Waals surface area contributed by atoms with E-state index < -0.39 is 0 Å². The van der Waals surface area contributed by atoms with Crippen molar-refractivity contribution < 1.29 is 9.53 Å². The molecule has 1 aliphatic heterocycles. The number of carbonyl (C=O) groups is 1. The van der Waals surface area contributed by atoms with Crippen molar-refractivity contribution in [3.05, 3.63) is 41.2 Å². The lowest BCUT2D eigenvalue weighted by atomic mass is 10.3. The van der Waals surface area contributed by atoms with E-state index in [1.165, 1.54) is 0 Å². The maximum absolute atomic E-state index is 12.2. The van der Waals surface area contributed by atoms with Gasteiger partial charge in [-0.15, -0.1) is 0 Å². The first kappa shape index (κ1) is 15.6. The van der Waals surface area contributed by atoms with Gasteiger partial charge in [0, 0.05) is 31.2 Å². The second kappa shape index (κ2) is 6.83. The summed E-state index contributed by atoms with van der Waals surface area (Å²) in [5, 5.41) is 3.54. The molecule has 1 aromatic heterocycles. The maximum Gasteiger partial charge on any atom is 0.256 e. The largest absolute Gasteiger partial charge is 0.495 e. The third kappa shape index (κ3) is 3.53. The van der Waals surface area contributed by atoms with Crippen molar-refractivity contribution in [2.75, 3.05) is 25.5 Å². The van der Waals surface area contributed by atoms with Crippen LogP contribution in [0.4, 0.5) is 11.6 Å². The van der Waals surface area contributed by atoms with E-state index in [2.05, 4.69) is 15.3 Å². The van der Waals surface area contributed by atoms with Gasteiger partial charge in [0.15, 0.2) is 0 Å². The van der Waals surface area contributed by atoms with Crippen molar-refractivity contribution in [2.45, 2.75) is 12.8 Å². The molecule has 6 nitrogen and oxygen atoms in total. The number of halogens is 1. The number of hydrogen-bond acceptors (Lipinski definition) is 5. The lowest BCUT2D eigenvalue weighted by Gasteiger charge is -2.14. The van der Waals surface area contributed by atoms with Gasteiger partial charge in [-0.3, -0.25) is 4.79 Å². The van der Waals surface area contributed by atoms with Crippen LogP contribution in [0.2, 0.25) is 5.02 Å².